The normalized spacial score (nSPS) is 18.2. The van der Waals surface area contributed by atoms with Gasteiger partial charge in [0.15, 0.2) is 0 Å². The molecule has 0 aliphatic carbocycles. The van der Waals surface area contributed by atoms with Crippen molar-refractivity contribution < 1.29 is 9.53 Å². The highest BCUT2D eigenvalue weighted by Crippen LogP contribution is 2.16. The first kappa shape index (κ1) is 15.4. The zero-order chi connectivity index (χ0) is 13.4. The first-order chi connectivity index (χ1) is 8.61. The molecule has 0 unspecified atom stereocenters. The SMILES string of the molecule is CCCCOC(=O)CN(C)CC1CCN(C)CC1. The molecule has 1 saturated heterocycles. The fourth-order valence-corrected chi connectivity index (χ4v) is 2.35. The molecule has 0 N–H and O–H groups in total. The van der Waals surface area contributed by atoms with Gasteiger partial charge in [-0.25, -0.2) is 0 Å². The van der Waals surface area contributed by atoms with E-state index in [1.54, 1.807) is 0 Å². The first-order valence-electron chi connectivity index (χ1n) is 7.14. The molecule has 1 aliphatic rings. The number of hydrogen-bond donors (Lipinski definition) is 0. The third kappa shape index (κ3) is 6.36. The third-order valence-corrected chi connectivity index (χ3v) is 3.57. The predicted octanol–water partition coefficient (Wildman–Crippen LogP) is 1.60. The molecule has 0 amide bonds. The summed E-state index contributed by atoms with van der Waals surface area (Å²) in [5.41, 5.74) is 0. The zero-order valence-corrected chi connectivity index (χ0v) is 12.2. The standard InChI is InChI=1S/C14H28N2O2/c1-4-5-10-18-14(17)12-16(3)11-13-6-8-15(2)9-7-13/h13H,4-12H2,1-3H3. The molecule has 0 spiro atoms. The molecule has 106 valence electrons. The van der Waals surface area contributed by atoms with E-state index in [2.05, 4.69) is 23.8 Å². The van der Waals surface area contributed by atoms with Crippen molar-refractivity contribution in [3.8, 4) is 0 Å². The Morgan fingerprint density at radius 2 is 2.06 bits per heavy atom. The lowest BCUT2D eigenvalue weighted by Gasteiger charge is -2.31. The minimum atomic E-state index is -0.0844. The lowest BCUT2D eigenvalue weighted by atomic mass is 9.97. The minimum absolute atomic E-state index is 0.0844. The number of unbranched alkanes of at least 4 members (excludes halogenated alkanes) is 1. The van der Waals surface area contributed by atoms with Crippen molar-refractivity contribution in [3.63, 3.8) is 0 Å². The van der Waals surface area contributed by atoms with Crippen LogP contribution in [0.25, 0.3) is 0 Å². The second-order valence-electron chi connectivity index (χ2n) is 5.52. The Kier molecular flexibility index (Phi) is 7.28. The monoisotopic (exact) mass is 256 g/mol. The van der Waals surface area contributed by atoms with Crippen LogP contribution < -0.4 is 0 Å². The van der Waals surface area contributed by atoms with E-state index in [4.69, 9.17) is 4.74 Å². The van der Waals surface area contributed by atoms with Gasteiger partial charge in [-0.3, -0.25) is 9.69 Å². The lowest BCUT2D eigenvalue weighted by Crippen LogP contribution is -2.37. The summed E-state index contributed by atoms with van der Waals surface area (Å²) in [6.07, 6.45) is 4.51. The molecule has 0 aromatic carbocycles. The van der Waals surface area contributed by atoms with Crippen molar-refractivity contribution in [3.05, 3.63) is 0 Å². The summed E-state index contributed by atoms with van der Waals surface area (Å²) in [4.78, 5) is 16.0. The van der Waals surface area contributed by atoms with Gasteiger partial charge in [-0.05, 0) is 52.4 Å². The number of carbonyl (C=O) groups excluding carboxylic acids is 1. The van der Waals surface area contributed by atoms with Crippen LogP contribution in [-0.2, 0) is 9.53 Å². The number of piperidine rings is 1. The van der Waals surface area contributed by atoms with Crippen LogP contribution in [0.5, 0.6) is 0 Å². The van der Waals surface area contributed by atoms with Crippen LogP contribution in [0.1, 0.15) is 32.6 Å². The summed E-state index contributed by atoms with van der Waals surface area (Å²) >= 11 is 0. The fraction of sp³-hybridized carbons (Fsp3) is 0.929. The number of likely N-dealkylation sites (N-methyl/N-ethyl adjacent to an activating group) is 1. The van der Waals surface area contributed by atoms with Gasteiger partial charge in [0.05, 0.1) is 13.2 Å². The van der Waals surface area contributed by atoms with Gasteiger partial charge in [-0.1, -0.05) is 13.3 Å². The van der Waals surface area contributed by atoms with Crippen molar-refractivity contribution in [2.45, 2.75) is 32.6 Å². The number of ether oxygens (including phenoxy) is 1. The average Bonchev–Trinajstić information content (AvgIpc) is 2.32. The number of likely N-dealkylation sites (tertiary alicyclic amines) is 1. The Morgan fingerprint density at radius 3 is 2.67 bits per heavy atom. The summed E-state index contributed by atoms with van der Waals surface area (Å²) in [5.74, 6) is 0.647. The molecule has 0 aromatic heterocycles. The highest BCUT2D eigenvalue weighted by atomic mass is 16.5. The molecule has 0 radical (unpaired) electrons. The molecule has 1 aliphatic heterocycles. The Bertz CT molecular complexity index is 238. The largest absolute Gasteiger partial charge is 0.465 e. The number of rotatable bonds is 7. The van der Waals surface area contributed by atoms with Crippen LogP contribution >= 0.6 is 0 Å². The molecule has 0 bridgehead atoms. The second kappa shape index (κ2) is 8.48. The van der Waals surface area contributed by atoms with E-state index in [1.807, 2.05) is 7.05 Å². The Morgan fingerprint density at radius 1 is 1.39 bits per heavy atom. The highest BCUT2D eigenvalue weighted by Gasteiger charge is 2.19. The summed E-state index contributed by atoms with van der Waals surface area (Å²) in [5, 5.41) is 0. The van der Waals surface area contributed by atoms with Gasteiger partial charge in [0.25, 0.3) is 0 Å². The molecule has 1 fully saturated rings. The quantitative estimate of drug-likeness (QED) is 0.512. The van der Waals surface area contributed by atoms with Crippen LogP contribution in [0.2, 0.25) is 0 Å². The van der Waals surface area contributed by atoms with Crippen LogP contribution in [-0.4, -0.2) is 62.7 Å². The van der Waals surface area contributed by atoms with E-state index < -0.39 is 0 Å². The topological polar surface area (TPSA) is 32.8 Å². The van der Waals surface area contributed by atoms with Gasteiger partial charge in [-0.2, -0.15) is 0 Å². The van der Waals surface area contributed by atoms with E-state index in [0.29, 0.717) is 13.2 Å². The molecule has 4 nitrogen and oxygen atoms in total. The number of esters is 1. The fourth-order valence-electron chi connectivity index (χ4n) is 2.35. The van der Waals surface area contributed by atoms with E-state index >= 15 is 0 Å². The Labute approximate surface area is 111 Å². The van der Waals surface area contributed by atoms with Gasteiger partial charge in [0.2, 0.25) is 0 Å². The van der Waals surface area contributed by atoms with Gasteiger partial charge in [0, 0.05) is 6.54 Å². The number of nitrogens with zero attached hydrogens (tertiary/aromatic N) is 2. The molecule has 1 heterocycles. The van der Waals surface area contributed by atoms with Gasteiger partial charge in [-0.15, -0.1) is 0 Å². The first-order valence-corrected chi connectivity index (χ1v) is 7.14. The van der Waals surface area contributed by atoms with Crippen molar-refractivity contribution in [2.75, 3.05) is 46.9 Å². The van der Waals surface area contributed by atoms with Crippen LogP contribution in [0.3, 0.4) is 0 Å². The summed E-state index contributed by atoms with van der Waals surface area (Å²) < 4.78 is 5.17. The Hall–Kier alpha value is -0.610. The van der Waals surface area contributed by atoms with Crippen LogP contribution in [0.4, 0.5) is 0 Å². The van der Waals surface area contributed by atoms with Gasteiger partial charge < -0.3 is 9.64 Å². The van der Waals surface area contributed by atoms with E-state index in [9.17, 15) is 4.79 Å². The smallest absolute Gasteiger partial charge is 0.320 e. The molecule has 0 aromatic rings. The van der Waals surface area contributed by atoms with E-state index in [-0.39, 0.29) is 5.97 Å². The Balaban J connectivity index is 2.12. The lowest BCUT2D eigenvalue weighted by molar-refractivity contribution is -0.144. The third-order valence-electron chi connectivity index (χ3n) is 3.57. The number of carbonyl (C=O) groups is 1. The molecular formula is C14H28N2O2. The maximum absolute atomic E-state index is 11.5. The van der Waals surface area contributed by atoms with Gasteiger partial charge in [0.1, 0.15) is 0 Å². The summed E-state index contributed by atoms with van der Waals surface area (Å²) in [7, 11) is 4.18. The van der Waals surface area contributed by atoms with E-state index in [0.717, 1.165) is 25.3 Å². The van der Waals surface area contributed by atoms with Crippen molar-refractivity contribution in [1.82, 2.24) is 9.80 Å². The van der Waals surface area contributed by atoms with Crippen molar-refractivity contribution >= 4 is 5.97 Å². The van der Waals surface area contributed by atoms with Crippen molar-refractivity contribution in [1.29, 1.82) is 0 Å². The molecule has 4 heteroatoms. The van der Waals surface area contributed by atoms with Crippen molar-refractivity contribution in [2.24, 2.45) is 5.92 Å². The summed E-state index contributed by atoms with van der Waals surface area (Å²) in [6, 6.07) is 0. The molecule has 18 heavy (non-hydrogen) atoms. The van der Waals surface area contributed by atoms with Gasteiger partial charge >= 0.3 is 5.97 Å². The molecule has 0 atom stereocenters. The highest BCUT2D eigenvalue weighted by molar-refractivity contribution is 5.71. The minimum Gasteiger partial charge on any atom is -0.465 e. The summed E-state index contributed by atoms with van der Waals surface area (Å²) in [6.45, 7) is 6.46. The molecule has 1 rings (SSSR count). The molecular weight excluding hydrogens is 228 g/mol. The molecule has 0 saturated carbocycles. The zero-order valence-electron chi connectivity index (χ0n) is 12.2. The predicted molar refractivity (Wildman–Crippen MR) is 73.6 cm³/mol. The number of hydrogen-bond acceptors (Lipinski definition) is 4. The van der Waals surface area contributed by atoms with Crippen LogP contribution in [0, 0.1) is 5.92 Å². The maximum atomic E-state index is 11.5. The maximum Gasteiger partial charge on any atom is 0.320 e. The van der Waals surface area contributed by atoms with Crippen LogP contribution in [0.15, 0.2) is 0 Å². The average molecular weight is 256 g/mol. The van der Waals surface area contributed by atoms with E-state index in [1.165, 1.54) is 25.9 Å². The second-order valence-corrected chi connectivity index (χ2v) is 5.52.